The van der Waals surface area contributed by atoms with Gasteiger partial charge in [-0.25, -0.2) is 0 Å². The molecule has 0 N–H and O–H groups in total. The Balaban J connectivity index is 2.31. The van der Waals surface area contributed by atoms with Crippen LogP contribution >= 0.6 is 0 Å². The largest absolute Gasteiger partial charge is 0.545 e. The predicted molar refractivity (Wildman–Crippen MR) is 96.5 cm³/mol. The molecule has 0 spiro atoms. The molecule has 2 aromatic heterocycles. The number of pyridine rings is 1. The highest BCUT2D eigenvalue weighted by molar-refractivity contribution is 6.01. The zero-order chi connectivity index (χ0) is 22.9. The lowest BCUT2D eigenvalue weighted by Gasteiger charge is -2.13. The molecule has 1 aromatic carbocycles. The number of nitro benzene ring substituents is 1. The fourth-order valence-corrected chi connectivity index (χ4v) is 3.02. The second-order valence-corrected chi connectivity index (χ2v) is 6.03. The van der Waals surface area contributed by atoms with Crippen LogP contribution in [0.15, 0.2) is 41.1 Å². The SMILES string of the molecule is COc1cc(-c2coc(-c3cccnc3C(F)(F)F)c2C(=O)[O-])cc([N+](=O)[O-])c1OC. The number of hydrogen-bond donors (Lipinski definition) is 0. The van der Waals surface area contributed by atoms with Crippen molar-refractivity contribution in [3.8, 4) is 33.9 Å². The topological polar surface area (TPSA) is 128 Å². The zero-order valence-electron chi connectivity index (χ0n) is 15.9. The number of rotatable bonds is 6. The van der Waals surface area contributed by atoms with Crippen molar-refractivity contribution in [1.29, 1.82) is 0 Å². The molecule has 0 saturated carbocycles. The Morgan fingerprint density at radius 1 is 1.19 bits per heavy atom. The van der Waals surface area contributed by atoms with Crippen molar-refractivity contribution in [2.75, 3.05) is 14.2 Å². The van der Waals surface area contributed by atoms with Crippen LogP contribution in [-0.2, 0) is 6.18 Å². The van der Waals surface area contributed by atoms with Gasteiger partial charge >= 0.3 is 11.9 Å². The third-order valence-electron chi connectivity index (χ3n) is 4.28. The van der Waals surface area contributed by atoms with Gasteiger partial charge in [0, 0.05) is 23.4 Å². The average Bonchev–Trinajstić information content (AvgIpc) is 3.17. The summed E-state index contributed by atoms with van der Waals surface area (Å²) in [5.41, 5.74) is -3.61. The number of benzene rings is 1. The van der Waals surface area contributed by atoms with Crippen molar-refractivity contribution < 1.29 is 41.9 Å². The summed E-state index contributed by atoms with van der Waals surface area (Å²) in [5, 5.41) is 23.3. The maximum atomic E-state index is 13.3. The molecule has 0 aliphatic rings. The van der Waals surface area contributed by atoms with Gasteiger partial charge in [-0.3, -0.25) is 15.1 Å². The number of hydrogen-bond acceptors (Lipinski definition) is 8. The van der Waals surface area contributed by atoms with Crippen LogP contribution in [0.25, 0.3) is 22.5 Å². The molecule has 0 saturated heterocycles. The summed E-state index contributed by atoms with van der Waals surface area (Å²) in [6.07, 6.45) is -3.14. The van der Waals surface area contributed by atoms with E-state index in [9.17, 15) is 33.2 Å². The fraction of sp³-hybridized carbons (Fsp3) is 0.158. The molecular formula is C19H12F3N2O7-. The Kier molecular flexibility index (Phi) is 5.56. The van der Waals surface area contributed by atoms with Gasteiger partial charge in [0.2, 0.25) is 5.75 Å². The molecule has 0 aliphatic heterocycles. The molecule has 0 bridgehead atoms. The quantitative estimate of drug-likeness (QED) is 0.424. The van der Waals surface area contributed by atoms with E-state index in [-0.39, 0.29) is 22.6 Å². The summed E-state index contributed by atoms with van der Waals surface area (Å²) < 4.78 is 55.2. The fourth-order valence-electron chi connectivity index (χ4n) is 3.02. The van der Waals surface area contributed by atoms with Crippen LogP contribution in [0.5, 0.6) is 11.5 Å². The van der Waals surface area contributed by atoms with E-state index >= 15 is 0 Å². The minimum Gasteiger partial charge on any atom is -0.545 e. The van der Waals surface area contributed by atoms with Gasteiger partial charge in [-0.05, 0) is 23.8 Å². The molecule has 0 atom stereocenters. The number of carbonyl (C=O) groups is 1. The molecule has 0 fully saturated rings. The molecule has 3 rings (SSSR count). The van der Waals surface area contributed by atoms with Crippen LogP contribution < -0.4 is 14.6 Å². The van der Waals surface area contributed by atoms with Crippen LogP contribution in [0.4, 0.5) is 18.9 Å². The minimum absolute atomic E-state index is 0.0731. The summed E-state index contributed by atoms with van der Waals surface area (Å²) in [5.74, 6) is -2.83. The van der Waals surface area contributed by atoms with Gasteiger partial charge in [0.15, 0.2) is 11.4 Å². The second kappa shape index (κ2) is 7.97. The number of alkyl halides is 3. The molecule has 12 heteroatoms. The van der Waals surface area contributed by atoms with E-state index in [0.717, 1.165) is 24.6 Å². The number of methoxy groups -OCH3 is 2. The summed E-state index contributed by atoms with van der Waals surface area (Å²) >= 11 is 0. The molecule has 9 nitrogen and oxygen atoms in total. The van der Waals surface area contributed by atoms with Crippen LogP contribution in [-0.4, -0.2) is 30.1 Å². The third kappa shape index (κ3) is 3.86. The van der Waals surface area contributed by atoms with E-state index in [4.69, 9.17) is 13.9 Å². The molecule has 0 amide bonds. The molecule has 31 heavy (non-hydrogen) atoms. The maximum absolute atomic E-state index is 13.3. The van der Waals surface area contributed by atoms with Gasteiger partial charge in [0.25, 0.3) is 0 Å². The smallest absolute Gasteiger partial charge is 0.434 e. The summed E-state index contributed by atoms with van der Waals surface area (Å²) in [7, 11) is 2.38. The normalized spacial score (nSPS) is 11.3. The first-order chi connectivity index (χ1) is 14.6. The first kappa shape index (κ1) is 21.6. The Labute approximate surface area is 171 Å². The van der Waals surface area contributed by atoms with Gasteiger partial charge in [-0.2, -0.15) is 13.2 Å². The lowest BCUT2D eigenvalue weighted by Crippen LogP contribution is -2.23. The van der Waals surface area contributed by atoms with E-state index in [1.165, 1.54) is 26.4 Å². The van der Waals surface area contributed by atoms with Gasteiger partial charge in [0.05, 0.1) is 36.9 Å². The van der Waals surface area contributed by atoms with Gasteiger partial charge < -0.3 is 23.8 Å². The highest BCUT2D eigenvalue weighted by Crippen LogP contribution is 2.44. The van der Waals surface area contributed by atoms with Crippen molar-refractivity contribution in [3.63, 3.8) is 0 Å². The van der Waals surface area contributed by atoms with E-state index in [0.29, 0.717) is 0 Å². The van der Waals surface area contributed by atoms with Gasteiger partial charge in [-0.15, -0.1) is 0 Å². The Hall–Kier alpha value is -4.09. The Morgan fingerprint density at radius 2 is 1.90 bits per heavy atom. The Bertz CT molecular complexity index is 1170. The molecule has 0 radical (unpaired) electrons. The van der Waals surface area contributed by atoms with Crippen molar-refractivity contribution in [2.24, 2.45) is 0 Å². The first-order valence-electron chi connectivity index (χ1n) is 8.36. The number of carboxylic acid groups (broad SMARTS) is 1. The number of aromatic nitrogens is 1. The first-order valence-corrected chi connectivity index (χ1v) is 8.36. The van der Waals surface area contributed by atoms with Gasteiger partial charge in [0.1, 0.15) is 5.76 Å². The average molecular weight is 437 g/mol. The van der Waals surface area contributed by atoms with Crippen LogP contribution in [0, 0.1) is 10.1 Å². The lowest BCUT2D eigenvalue weighted by molar-refractivity contribution is -0.385. The third-order valence-corrected chi connectivity index (χ3v) is 4.28. The molecule has 0 unspecified atom stereocenters. The summed E-state index contributed by atoms with van der Waals surface area (Å²) in [6, 6.07) is 4.37. The number of carbonyl (C=O) groups excluding carboxylic acids is 1. The standard InChI is InChI=1S/C19H13F3N2O7/c1-29-13-7-9(6-12(24(27)28)16(13)30-2)11-8-31-15(14(11)18(25)26)10-4-3-5-23-17(10)19(20,21)22/h3-8H,1-2H3,(H,25,26)/p-1. The molecular weight excluding hydrogens is 425 g/mol. The number of ether oxygens (including phenoxy) is 2. The van der Waals surface area contributed by atoms with E-state index < -0.39 is 45.3 Å². The molecule has 2 heterocycles. The summed E-state index contributed by atoms with van der Waals surface area (Å²) in [6.45, 7) is 0. The highest BCUT2D eigenvalue weighted by atomic mass is 19.4. The van der Waals surface area contributed by atoms with Crippen LogP contribution in [0.2, 0.25) is 0 Å². The minimum atomic E-state index is -4.89. The van der Waals surface area contributed by atoms with Crippen molar-refractivity contribution in [3.05, 3.63) is 58.1 Å². The lowest BCUT2D eigenvalue weighted by atomic mass is 9.98. The van der Waals surface area contributed by atoms with Crippen molar-refractivity contribution >= 4 is 11.7 Å². The number of furan rings is 1. The van der Waals surface area contributed by atoms with Crippen molar-refractivity contribution in [1.82, 2.24) is 4.98 Å². The number of nitrogens with zero attached hydrogens (tertiary/aromatic N) is 2. The van der Waals surface area contributed by atoms with E-state index in [1.54, 1.807) is 0 Å². The predicted octanol–water partition coefficient (Wildman–Crippen LogP) is 3.32. The maximum Gasteiger partial charge on any atom is 0.434 e. The summed E-state index contributed by atoms with van der Waals surface area (Å²) in [4.78, 5) is 25.8. The Morgan fingerprint density at radius 3 is 2.45 bits per heavy atom. The number of carboxylic acids is 1. The van der Waals surface area contributed by atoms with E-state index in [1.807, 2.05) is 0 Å². The van der Waals surface area contributed by atoms with Crippen LogP contribution in [0.3, 0.4) is 0 Å². The number of aromatic carboxylic acids is 1. The van der Waals surface area contributed by atoms with E-state index in [2.05, 4.69) is 4.98 Å². The monoisotopic (exact) mass is 437 g/mol. The zero-order valence-corrected chi connectivity index (χ0v) is 15.9. The van der Waals surface area contributed by atoms with Crippen molar-refractivity contribution in [2.45, 2.75) is 6.18 Å². The highest BCUT2D eigenvalue weighted by Gasteiger charge is 2.37. The number of halogens is 3. The van der Waals surface area contributed by atoms with Gasteiger partial charge in [-0.1, -0.05) is 0 Å². The molecule has 162 valence electrons. The number of nitro groups is 1. The van der Waals surface area contributed by atoms with Crippen LogP contribution in [0.1, 0.15) is 16.1 Å². The molecule has 0 aliphatic carbocycles. The second-order valence-electron chi connectivity index (χ2n) is 6.03. The molecule has 3 aromatic rings.